The van der Waals surface area contributed by atoms with Gasteiger partial charge in [0, 0.05) is 42.2 Å². The minimum Gasteiger partial charge on any atom is -0.371 e. The van der Waals surface area contributed by atoms with Crippen molar-refractivity contribution in [3.63, 3.8) is 0 Å². The average Bonchev–Trinajstić information content (AvgIpc) is 3.20. The first-order chi connectivity index (χ1) is 13.4. The molecule has 0 bridgehead atoms. The summed E-state index contributed by atoms with van der Waals surface area (Å²) in [7, 11) is 0. The Labute approximate surface area is 162 Å². The first-order valence-electron chi connectivity index (χ1n) is 9.12. The summed E-state index contributed by atoms with van der Waals surface area (Å²) in [5.74, 6) is -0.911. The highest BCUT2D eigenvalue weighted by Crippen LogP contribution is 2.26. The molecule has 2 N–H and O–H groups in total. The zero-order valence-electron chi connectivity index (χ0n) is 15.6. The summed E-state index contributed by atoms with van der Waals surface area (Å²) in [6.07, 6.45) is 2.39. The lowest BCUT2D eigenvalue weighted by Gasteiger charge is -2.20. The Morgan fingerprint density at radius 3 is 2.57 bits per heavy atom. The molecule has 28 heavy (non-hydrogen) atoms. The Morgan fingerprint density at radius 1 is 1.14 bits per heavy atom. The zero-order chi connectivity index (χ0) is 20.1. The topological polar surface area (TPSA) is 105 Å². The average molecular weight is 382 g/mol. The Balaban J connectivity index is 1.55. The molecule has 0 aliphatic carbocycles. The van der Waals surface area contributed by atoms with E-state index in [0.29, 0.717) is 5.69 Å². The van der Waals surface area contributed by atoms with Crippen LogP contribution in [0.3, 0.4) is 0 Å². The molecule has 2 amide bonds. The maximum Gasteiger partial charge on any atom is 0.270 e. The molecule has 0 aromatic heterocycles. The maximum atomic E-state index is 12.1. The lowest BCUT2D eigenvalue weighted by molar-refractivity contribution is -0.384. The molecule has 1 fully saturated rings. The standard InChI is InChI=1S/C20H22N4O4/c1-14-11-16(7-8-18(14)23-9-2-3-10-23)22-19(25)13-21-20(26)15-5-4-6-17(12-15)24(27)28/h4-8,11-12H,2-3,9-10,13H2,1H3,(H,21,26)(H,22,25). The number of benzene rings is 2. The van der Waals surface area contributed by atoms with Crippen LogP contribution in [0.25, 0.3) is 0 Å². The number of amides is 2. The van der Waals surface area contributed by atoms with Crippen molar-refractivity contribution in [2.75, 3.05) is 29.9 Å². The van der Waals surface area contributed by atoms with Gasteiger partial charge in [-0.25, -0.2) is 0 Å². The van der Waals surface area contributed by atoms with Gasteiger partial charge in [-0.3, -0.25) is 19.7 Å². The number of carbonyl (C=O) groups is 2. The van der Waals surface area contributed by atoms with Gasteiger partial charge in [-0.1, -0.05) is 6.07 Å². The maximum absolute atomic E-state index is 12.1. The number of nitrogens with one attached hydrogen (secondary N) is 2. The number of non-ortho nitro benzene ring substituents is 1. The Hall–Kier alpha value is -3.42. The van der Waals surface area contributed by atoms with E-state index < -0.39 is 10.8 Å². The molecule has 1 heterocycles. The second-order valence-corrected chi connectivity index (χ2v) is 6.73. The number of hydrogen-bond donors (Lipinski definition) is 2. The van der Waals surface area contributed by atoms with Crippen molar-refractivity contribution in [1.29, 1.82) is 0 Å². The van der Waals surface area contributed by atoms with Gasteiger partial charge in [-0.15, -0.1) is 0 Å². The normalized spacial score (nSPS) is 13.2. The zero-order valence-corrected chi connectivity index (χ0v) is 15.6. The van der Waals surface area contributed by atoms with Crippen molar-refractivity contribution >= 4 is 28.9 Å². The van der Waals surface area contributed by atoms with Crippen LogP contribution in [0.2, 0.25) is 0 Å². The summed E-state index contributed by atoms with van der Waals surface area (Å²) in [4.78, 5) is 36.8. The van der Waals surface area contributed by atoms with Crippen LogP contribution in [0.1, 0.15) is 28.8 Å². The van der Waals surface area contributed by atoms with Gasteiger partial charge < -0.3 is 15.5 Å². The molecule has 8 heteroatoms. The molecular weight excluding hydrogens is 360 g/mol. The van der Waals surface area contributed by atoms with Crippen LogP contribution in [0.15, 0.2) is 42.5 Å². The highest BCUT2D eigenvalue weighted by atomic mass is 16.6. The Morgan fingerprint density at radius 2 is 1.89 bits per heavy atom. The van der Waals surface area contributed by atoms with Crippen LogP contribution < -0.4 is 15.5 Å². The number of nitro benzene ring substituents is 1. The van der Waals surface area contributed by atoms with Crippen LogP contribution in [0.4, 0.5) is 17.1 Å². The number of aryl methyl sites for hydroxylation is 1. The fraction of sp³-hybridized carbons (Fsp3) is 0.300. The third kappa shape index (κ3) is 4.64. The lowest BCUT2D eigenvalue weighted by atomic mass is 10.1. The van der Waals surface area contributed by atoms with E-state index in [9.17, 15) is 19.7 Å². The summed E-state index contributed by atoms with van der Waals surface area (Å²) in [5, 5.41) is 16.0. The molecule has 1 saturated heterocycles. The number of rotatable bonds is 6. The molecule has 2 aromatic rings. The number of hydrogen-bond acceptors (Lipinski definition) is 5. The Kier molecular flexibility index (Phi) is 5.88. The van der Waals surface area contributed by atoms with Gasteiger partial charge in [0.25, 0.3) is 11.6 Å². The second kappa shape index (κ2) is 8.51. The van der Waals surface area contributed by atoms with Crippen LogP contribution in [0, 0.1) is 17.0 Å². The number of nitro groups is 1. The quantitative estimate of drug-likeness (QED) is 0.590. The van der Waals surface area contributed by atoms with Gasteiger partial charge in [-0.2, -0.15) is 0 Å². The van der Waals surface area contributed by atoms with E-state index in [1.54, 1.807) is 0 Å². The van der Waals surface area contributed by atoms with Gasteiger partial charge in [0.15, 0.2) is 0 Å². The van der Waals surface area contributed by atoms with Crippen LogP contribution in [0.5, 0.6) is 0 Å². The van der Waals surface area contributed by atoms with E-state index in [0.717, 1.165) is 18.7 Å². The van der Waals surface area contributed by atoms with Crippen LogP contribution in [-0.2, 0) is 4.79 Å². The van der Waals surface area contributed by atoms with Gasteiger partial charge in [0.1, 0.15) is 0 Å². The van der Waals surface area contributed by atoms with E-state index in [1.165, 1.54) is 42.8 Å². The van der Waals surface area contributed by atoms with E-state index in [1.807, 2.05) is 25.1 Å². The molecule has 3 rings (SSSR count). The van der Waals surface area contributed by atoms with Gasteiger partial charge >= 0.3 is 0 Å². The molecule has 1 aliphatic rings. The molecule has 0 saturated carbocycles. The van der Waals surface area contributed by atoms with E-state index in [2.05, 4.69) is 15.5 Å². The third-order valence-corrected chi connectivity index (χ3v) is 4.66. The van der Waals surface area contributed by atoms with Crippen molar-refractivity contribution < 1.29 is 14.5 Å². The number of anilines is 2. The highest BCUT2D eigenvalue weighted by molar-refractivity contribution is 5.99. The van der Waals surface area contributed by atoms with Crippen LogP contribution in [-0.4, -0.2) is 36.4 Å². The van der Waals surface area contributed by atoms with E-state index >= 15 is 0 Å². The molecule has 1 aliphatic heterocycles. The predicted octanol–water partition coefficient (Wildman–Crippen LogP) is 2.87. The van der Waals surface area contributed by atoms with Crippen molar-refractivity contribution in [2.24, 2.45) is 0 Å². The van der Waals surface area contributed by atoms with Crippen LogP contribution >= 0.6 is 0 Å². The first-order valence-corrected chi connectivity index (χ1v) is 9.12. The van der Waals surface area contributed by atoms with Crippen molar-refractivity contribution in [3.8, 4) is 0 Å². The molecule has 0 unspecified atom stereocenters. The minimum absolute atomic E-state index is 0.132. The molecular formula is C20H22N4O4. The van der Waals surface area contributed by atoms with Gasteiger partial charge in [0.05, 0.1) is 11.5 Å². The minimum atomic E-state index is -0.572. The summed E-state index contributed by atoms with van der Waals surface area (Å²) in [6.45, 7) is 3.88. The molecule has 8 nitrogen and oxygen atoms in total. The van der Waals surface area contributed by atoms with Crippen molar-refractivity contribution in [1.82, 2.24) is 5.32 Å². The monoisotopic (exact) mass is 382 g/mol. The SMILES string of the molecule is Cc1cc(NC(=O)CNC(=O)c2cccc([N+](=O)[O-])c2)ccc1N1CCCC1. The van der Waals surface area contributed by atoms with Gasteiger partial charge in [-0.05, 0) is 49.6 Å². The number of carbonyl (C=O) groups excluding carboxylic acids is 2. The summed E-state index contributed by atoms with van der Waals surface area (Å²) in [6, 6.07) is 11.1. The summed E-state index contributed by atoms with van der Waals surface area (Å²) < 4.78 is 0. The van der Waals surface area contributed by atoms with Crippen molar-refractivity contribution in [3.05, 3.63) is 63.7 Å². The van der Waals surface area contributed by atoms with Gasteiger partial charge in [0.2, 0.25) is 5.91 Å². The Bertz CT molecular complexity index is 907. The van der Waals surface area contributed by atoms with E-state index in [-0.39, 0.29) is 23.7 Å². The lowest BCUT2D eigenvalue weighted by Crippen LogP contribution is -2.32. The first kappa shape index (κ1) is 19.3. The highest BCUT2D eigenvalue weighted by Gasteiger charge is 2.15. The summed E-state index contributed by atoms with van der Waals surface area (Å²) >= 11 is 0. The molecule has 0 spiro atoms. The largest absolute Gasteiger partial charge is 0.371 e. The van der Waals surface area contributed by atoms with Crippen molar-refractivity contribution in [2.45, 2.75) is 19.8 Å². The molecule has 2 aromatic carbocycles. The molecule has 146 valence electrons. The third-order valence-electron chi connectivity index (χ3n) is 4.66. The molecule has 0 atom stereocenters. The summed E-state index contributed by atoms with van der Waals surface area (Å²) in [5.41, 5.74) is 2.88. The fourth-order valence-corrected chi connectivity index (χ4v) is 3.27. The smallest absolute Gasteiger partial charge is 0.270 e. The predicted molar refractivity (Wildman–Crippen MR) is 107 cm³/mol. The van der Waals surface area contributed by atoms with E-state index in [4.69, 9.17) is 0 Å². The fourth-order valence-electron chi connectivity index (χ4n) is 3.27. The second-order valence-electron chi connectivity index (χ2n) is 6.73. The number of nitrogens with zero attached hydrogens (tertiary/aromatic N) is 2. The molecule has 0 radical (unpaired) electrons.